The molecule has 1 rings (SSSR count). The number of aliphatic carboxylic acids is 1. The van der Waals surface area contributed by atoms with Crippen LogP contribution in [0.15, 0.2) is 0 Å². The molecule has 0 bridgehead atoms. The van der Waals surface area contributed by atoms with Crippen molar-refractivity contribution in [2.24, 2.45) is 5.92 Å². The summed E-state index contributed by atoms with van der Waals surface area (Å²) in [6.07, 6.45) is 7.50. The van der Waals surface area contributed by atoms with Gasteiger partial charge in [0.2, 0.25) is 5.91 Å². The molecular weight excluding hydrogens is 208 g/mol. The van der Waals surface area contributed by atoms with E-state index in [1.807, 2.05) is 0 Å². The summed E-state index contributed by atoms with van der Waals surface area (Å²) in [5.41, 5.74) is 0. The van der Waals surface area contributed by atoms with Crippen LogP contribution in [-0.4, -0.2) is 48.1 Å². The van der Waals surface area contributed by atoms with E-state index in [0.717, 1.165) is 11.4 Å². The van der Waals surface area contributed by atoms with E-state index in [1.165, 1.54) is 12.8 Å². The average Bonchev–Trinajstić information content (AvgIpc) is 3.00. The molecule has 0 saturated heterocycles. The molecule has 88 valence electrons. The smallest absolute Gasteiger partial charge is 0.323 e. The highest BCUT2D eigenvalue weighted by Gasteiger charge is 2.21. The van der Waals surface area contributed by atoms with E-state index in [-0.39, 0.29) is 25.5 Å². The van der Waals surface area contributed by atoms with Crippen molar-refractivity contribution in [1.82, 2.24) is 10.2 Å². The van der Waals surface area contributed by atoms with Gasteiger partial charge in [-0.05, 0) is 25.3 Å². The van der Waals surface area contributed by atoms with Crippen LogP contribution >= 0.6 is 0 Å². The number of terminal acetylenes is 1. The highest BCUT2D eigenvalue weighted by atomic mass is 16.4. The summed E-state index contributed by atoms with van der Waals surface area (Å²) in [5, 5.41) is 11.6. The minimum Gasteiger partial charge on any atom is -0.480 e. The number of carbonyl (C=O) groups excluding carboxylic acids is 1. The first-order chi connectivity index (χ1) is 7.63. The third-order valence-electron chi connectivity index (χ3n) is 2.37. The summed E-state index contributed by atoms with van der Waals surface area (Å²) in [4.78, 5) is 23.2. The molecule has 0 unspecified atom stereocenters. The Balaban J connectivity index is 2.27. The van der Waals surface area contributed by atoms with Crippen molar-refractivity contribution in [3.63, 3.8) is 0 Å². The van der Waals surface area contributed by atoms with Crippen molar-refractivity contribution in [2.75, 3.05) is 26.2 Å². The fourth-order valence-corrected chi connectivity index (χ4v) is 1.32. The Morgan fingerprint density at radius 3 is 2.69 bits per heavy atom. The van der Waals surface area contributed by atoms with Crippen molar-refractivity contribution < 1.29 is 14.7 Å². The minimum atomic E-state index is -1.05. The first-order valence-electron chi connectivity index (χ1n) is 5.27. The minimum absolute atomic E-state index is 0.0379. The van der Waals surface area contributed by atoms with Gasteiger partial charge >= 0.3 is 5.97 Å². The summed E-state index contributed by atoms with van der Waals surface area (Å²) >= 11 is 0. The van der Waals surface area contributed by atoms with Crippen LogP contribution in [0.1, 0.15) is 12.8 Å². The maximum Gasteiger partial charge on any atom is 0.323 e. The average molecular weight is 224 g/mol. The Bertz CT molecular complexity index is 305. The normalized spacial score (nSPS) is 14.2. The third-order valence-corrected chi connectivity index (χ3v) is 2.37. The van der Waals surface area contributed by atoms with E-state index in [9.17, 15) is 9.59 Å². The molecule has 5 heteroatoms. The molecule has 0 heterocycles. The van der Waals surface area contributed by atoms with Gasteiger partial charge in [-0.2, -0.15) is 0 Å². The summed E-state index contributed by atoms with van der Waals surface area (Å²) < 4.78 is 0. The second-order valence-electron chi connectivity index (χ2n) is 3.92. The zero-order chi connectivity index (χ0) is 12.0. The van der Waals surface area contributed by atoms with Crippen molar-refractivity contribution >= 4 is 11.9 Å². The Labute approximate surface area is 94.8 Å². The first kappa shape index (κ1) is 12.5. The SMILES string of the molecule is C#CCN(CC(=O)O)C(=O)CNCC1CC1. The lowest BCUT2D eigenvalue weighted by atomic mass is 10.4. The molecule has 5 nitrogen and oxygen atoms in total. The van der Waals surface area contributed by atoms with E-state index < -0.39 is 5.97 Å². The monoisotopic (exact) mass is 224 g/mol. The van der Waals surface area contributed by atoms with E-state index in [4.69, 9.17) is 11.5 Å². The summed E-state index contributed by atoms with van der Waals surface area (Å²) in [6.45, 7) is 0.679. The zero-order valence-electron chi connectivity index (χ0n) is 9.11. The molecule has 1 amide bonds. The Morgan fingerprint density at radius 1 is 1.50 bits per heavy atom. The fourth-order valence-electron chi connectivity index (χ4n) is 1.32. The van der Waals surface area contributed by atoms with Gasteiger partial charge in [0.25, 0.3) is 0 Å². The summed E-state index contributed by atoms with van der Waals surface area (Å²) in [7, 11) is 0. The molecule has 2 N–H and O–H groups in total. The molecule has 0 aromatic heterocycles. The quantitative estimate of drug-likeness (QED) is 0.574. The van der Waals surface area contributed by atoms with Gasteiger partial charge in [-0.3, -0.25) is 9.59 Å². The maximum absolute atomic E-state index is 11.6. The van der Waals surface area contributed by atoms with Gasteiger partial charge in [-0.25, -0.2) is 0 Å². The first-order valence-corrected chi connectivity index (χ1v) is 5.27. The van der Waals surface area contributed by atoms with E-state index in [1.54, 1.807) is 0 Å². The molecule has 0 atom stereocenters. The molecule has 1 aliphatic carbocycles. The molecule has 0 spiro atoms. The van der Waals surface area contributed by atoms with Crippen LogP contribution in [0.4, 0.5) is 0 Å². The van der Waals surface area contributed by atoms with Gasteiger partial charge in [0, 0.05) is 0 Å². The summed E-state index contributed by atoms with van der Waals surface area (Å²) in [5.74, 6) is 1.65. The van der Waals surface area contributed by atoms with Gasteiger partial charge < -0.3 is 15.3 Å². The van der Waals surface area contributed by atoms with Crippen LogP contribution in [0.2, 0.25) is 0 Å². The molecule has 0 aromatic carbocycles. The molecular formula is C11H16N2O3. The van der Waals surface area contributed by atoms with Crippen molar-refractivity contribution in [1.29, 1.82) is 0 Å². The molecule has 1 saturated carbocycles. The molecule has 1 fully saturated rings. The number of hydrogen-bond acceptors (Lipinski definition) is 3. The highest BCUT2D eigenvalue weighted by Crippen LogP contribution is 2.27. The van der Waals surface area contributed by atoms with E-state index >= 15 is 0 Å². The third kappa shape index (κ3) is 4.80. The Kier molecular flexibility index (Phi) is 4.80. The lowest BCUT2D eigenvalue weighted by Crippen LogP contribution is -2.41. The molecule has 0 aliphatic heterocycles. The molecule has 0 radical (unpaired) electrons. The molecule has 0 aromatic rings. The van der Waals surface area contributed by atoms with Crippen LogP contribution in [0.25, 0.3) is 0 Å². The number of hydrogen-bond donors (Lipinski definition) is 2. The molecule has 1 aliphatic rings. The van der Waals surface area contributed by atoms with Gasteiger partial charge in [-0.15, -0.1) is 6.42 Å². The largest absolute Gasteiger partial charge is 0.480 e. The van der Waals surface area contributed by atoms with Gasteiger partial charge in [-0.1, -0.05) is 5.92 Å². The number of nitrogens with zero attached hydrogens (tertiary/aromatic N) is 1. The van der Waals surface area contributed by atoms with Gasteiger partial charge in [0.05, 0.1) is 13.1 Å². The van der Waals surface area contributed by atoms with Crippen LogP contribution < -0.4 is 5.32 Å². The maximum atomic E-state index is 11.6. The topological polar surface area (TPSA) is 69.6 Å². The zero-order valence-corrected chi connectivity index (χ0v) is 9.11. The summed E-state index contributed by atoms with van der Waals surface area (Å²) in [6, 6.07) is 0. The van der Waals surface area contributed by atoms with Crippen LogP contribution in [-0.2, 0) is 9.59 Å². The number of carboxylic acid groups (broad SMARTS) is 1. The lowest BCUT2D eigenvalue weighted by Gasteiger charge is -2.18. The lowest BCUT2D eigenvalue weighted by molar-refractivity contribution is -0.143. The van der Waals surface area contributed by atoms with Crippen LogP contribution in [0.5, 0.6) is 0 Å². The van der Waals surface area contributed by atoms with Gasteiger partial charge in [0.15, 0.2) is 0 Å². The second-order valence-corrected chi connectivity index (χ2v) is 3.92. The van der Waals surface area contributed by atoms with E-state index in [0.29, 0.717) is 5.92 Å². The highest BCUT2D eigenvalue weighted by molar-refractivity contribution is 5.82. The number of carbonyl (C=O) groups is 2. The molecule has 16 heavy (non-hydrogen) atoms. The van der Waals surface area contributed by atoms with Crippen molar-refractivity contribution in [3.8, 4) is 12.3 Å². The number of carboxylic acids is 1. The Hall–Kier alpha value is -1.54. The second kappa shape index (κ2) is 6.13. The van der Waals surface area contributed by atoms with Crippen LogP contribution in [0.3, 0.4) is 0 Å². The van der Waals surface area contributed by atoms with E-state index in [2.05, 4.69) is 11.2 Å². The van der Waals surface area contributed by atoms with Crippen molar-refractivity contribution in [2.45, 2.75) is 12.8 Å². The predicted molar refractivity (Wildman–Crippen MR) is 58.6 cm³/mol. The fraction of sp³-hybridized carbons (Fsp3) is 0.636. The Morgan fingerprint density at radius 2 is 2.19 bits per heavy atom. The predicted octanol–water partition coefficient (Wildman–Crippen LogP) is -0.468. The standard InChI is InChI=1S/C11H16N2O3/c1-2-5-13(8-11(15)16)10(14)7-12-6-9-3-4-9/h1,9,12H,3-8H2,(H,15,16). The van der Waals surface area contributed by atoms with Crippen molar-refractivity contribution in [3.05, 3.63) is 0 Å². The number of amides is 1. The van der Waals surface area contributed by atoms with Crippen LogP contribution in [0, 0.1) is 18.3 Å². The number of rotatable bonds is 7. The van der Waals surface area contributed by atoms with Gasteiger partial charge in [0.1, 0.15) is 6.54 Å². The number of nitrogens with one attached hydrogen (secondary N) is 1.